The average molecular weight is 320 g/mol. The fourth-order valence-corrected chi connectivity index (χ4v) is 2.01. The van der Waals surface area contributed by atoms with Crippen molar-refractivity contribution in [3.8, 4) is 11.8 Å². The third kappa shape index (κ3) is 3.80. The van der Waals surface area contributed by atoms with Crippen molar-refractivity contribution < 1.29 is 9.13 Å². The Morgan fingerprint density at radius 1 is 1.16 bits per heavy atom. The molecule has 2 rings (SSSR count). The molecule has 0 aromatic heterocycles. The van der Waals surface area contributed by atoms with E-state index in [1.165, 1.54) is 12.1 Å². The second-order valence-electron chi connectivity index (χ2n) is 3.98. The zero-order valence-electron chi connectivity index (χ0n) is 10.1. The maximum atomic E-state index is 12.7. The van der Waals surface area contributed by atoms with Gasteiger partial charge in [-0.3, -0.25) is 0 Å². The van der Waals surface area contributed by atoms with Crippen LogP contribution in [0.5, 0.6) is 5.75 Å². The van der Waals surface area contributed by atoms with Crippen molar-refractivity contribution in [2.45, 2.75) is 6.42 Å². The quantitative estimate of drug-likeness (QED) is 0.850. The van der Waals surface area contributed by atoms with Gasteiger partial charge in [-0.05, 0) is 35.9 Å². The highest BCUT2D eigenvalue weighted by molar-refractivity contribution is 9.10. The zero-order valence-corrected chi connectivity index (χ0v) is 11.7. The third-order valence-corrected chi connectivity index (χ3v) is 3.12. The molecule has 0 unspecified atom stereocenters. The van der Waals surface area contributed by atoms with Crippen LogP contribution < -0.4 is 4.74 Å². The summed E-state index contributed by atoms with van der Waals surface area (Å²) in [5, 5.41) is 9.00. The Hall–Kier alpha value is -1.86. The van der Waals surface area contributed by atoms with Crippen molar-refractivity contribution in [1.82, 2.24) is 0 Å². The molecular formula is C15H11BrFNO. The Labute approximate surface area is 119 Å². The Kier molecular flexibility index (Phi) is 4.53. The average Bonchev–Trinajstić information content (AvgIpc) is 2.42. The minimum atomic E-state index is -0.246. The highest BCUT2D eigenvalue weighted by Crippen LogP contribution is 2.22. The summed E-state index contributed by atoms with van der Waals surface area (Å²) in [7, 11) is 0. The van der Waals surface area contributed by atoms with Crippen LogP contribution in [0.2, 0.25) is 0 Å². The summed E-state index contributed by atoms with van der Waals surface area (Å²) in [5.41, 5.74) is 1.49. The van der Waals surface area contributed by atoms with Crippen LogP contribution in [0.15, 0.2) is 46.9 Å². The van der Waals surface area contributed by atoms with Gasteiger partial charge < -0.3 is 4.74 Å². The molecule has 0 spiro atoms. The Morgan fingerprint density at radius 3 is 2.58 bits per heavy atom. The Morgan fingerprint density at radius 2 is 1.89 bits per heavy atom. The highest BCUT2D eigenvalue weighted by Gasteiger charge is 2.04. The number of hydrogen-bond donors (Lipinski definition) is 0. The number of rotatable bonds is 4. The molecule has 2 nitrogen and oxygen atoms in total. The van der Waals surface area contributed by atoms with Gasteiger partial charge in [0.2, 0.25) is 0 Å². The van der Waals surface area contributed by atoms with Crippen molar-refractivity contribution >= 4 is 15.9 Å². The van der Waals surface area contributed by atoms with E-state index in [1.807, 2.05) is 6.07 Å². The van der Waals surface area contributed by atoms with Gasteiger partial charge >= 0.3 is 0 Å². The Balaban J connectivity index is 1.96. The Bertz CT molecular complexity index is 605. The second-order valence-corrected chi connectivity index (χ2v) is 4.89. The van der Waals surface area contributed by atoms with Crippen molar-refractivity contribution in [3.05, 3.63) is 63.9 Å². The molecule has 0 aliphatic heterocycles. The molecule has 0 radical (unpaired) electrons. The van der Waals surface area contributed by atoms with Crippen LogP contribution >= 0.6 is 15.9 Å². The van der Waals surface area contributed by atoms with E-state index in [0.717, 1.165) is 10.0 Å². The fourth-order valence-electron chi connectivity index (χ4n) is 1.65. The van der Waals surface area contributed by atoms with Crippen LogP contribution in [-0.4, -0.2) is 6.61 Å². The summed E-state index contributed by atoms with van der Waals surface area (Å²) in [6, 6.07) is 13.7. The largest absolute Gasteiger partial charge is 0.492 e. The molecule has 0 bridgehead atoms. The molecule has 0 amide bonds. The van der Waals surface area contributed by atoms with Gasteiger partial charge in [0.25, 0.3) is 0 Å². The van der Waals surface area contributed by atoms with E-state index in [2.05, 4.69) is 22.0 Å². The van der Waals surface area contributed by atoms with Gasteiger partial charge in [-0.2, -0.15) is 5.26 Å². The van der Waals surface area contributed by atoms with Gasteiger partial charge in [0, 0.05) is 10.9 Å². The molecule has 0 aliphatic carbocycles. The minimum absolute atomic E-state index is 0.246. The standard InChI is InChI=1S/C15H11BrFNO/c16-13-3-6-15(12(9-13)10-18)19-8-7-11-1-4-14(17)5-2-11/h1-6,9H,7-8H2. The van der Waals surface area contributed by atoms with E-state index in [4.69, 9.17) is 10.00 Å². The predicted molar refractivity (Wildman–Crippen MR) is 74.5 cm³/mol. The molecular weight excluding hydrogens is 309 g/mol. The van der Waals surface area contributed by atoms with Gasteiger partial charge in [-0.25, -0.2) is 4.39 Å². The van der Waals surface area contributed by atoms with Crippen molar-refractivity contribution in [2.24, 2.45) is 0 Å². The molecule has 0 saturated heterocycles. The van der Waals surface area contributed by atoms with Gasteiger partial charge in [0.05, 0.1) is 12.2 Å². The maximum Gasteiger partial charge on any atom is 0.137 e. The predicted octanol–water partition coefficient (Wildman–Crippen LogP) is 4.08. The molecule has 0 aliphatic rings. The topological polar surface area (TPSA) is 33.0 Å². The van der Waals surface area contributed by atoms with Crippen LogP contribution in [0.1, 0.15) is 11.1 Å². The fraction of sp³-hybridized carbons (Fsp3) is 0.133. The number of nitrogens with zero attached hydrogens (tertiary/aromatic N) is 1. The lowest BCUT2D eigenvalue weighted by molar-refractivity contribution is 0.321. The first-order chi connectivity index (χ1) is 9.19. The summed E-state index contributed by atoms with van der Waals surface area (Å²) in [4.78, 5) is 0. The van der Waals surface area contributed by atoms with Crippen molar-refractivity contribution in [1.29, 1.82) is 5.26 Å². The molecule has 19 heavy (non-hydrogen) atoms. The van der Waals surface area contributed by atoms with Crippen molar-refractivity contribution in [2.75, 3.05) is 6.61 Å². The zero-order chi connectivity index (χ0) is 13.7. The summed E-state index contributed by atoms with van der Waals surface area (Å²) in [6.45, 7) is 0.446. The summed E-state index contributed by atoms with van der Waals surface area (Å²) in [5.74, 6) is 0.317. The van der Waals surface area contributed by atoms with E-state index in [9.17, 15) is 4.39 Å². The van der Waals surface area contributed by atoms with E-state index in [-0.39, 0.29) is 5.82 Å². The van der Waals surface area contributed by atoms with E-state index >= 15 is 0 Å². The third-order valence-electron chi connectivity index (χ3n) is 2.62. The smallest absolute Gasteiger partial charge is 0.137 e. The van der Waals surface area contributed by atoms with Crippen LogP contribution in [0.25, 0.3) is 0 Å². The van der Waals surface area contributed by atoms with E-state index in [1.54, 1.807) is 24.3 Å². The second kappa shape index (κ2) is 6.35. The van der Waals surface area contributed by atoms with Crippen LogP contribution in [0.4, 0.5) is 4.39 Å². The molecule has 0 fully saturated rings. The number of ether oxygens (including phenoxy) is 1. The van der Waals surface area contributed by atoms with Gasteiger partial charge in [-0.15, -0.1) is 0 Å². The monoisotopic (exact) mass is 319 g/mol. The van der Waals surface area contributed by atoms with E-state index < -0.39 is 0 Å². The lowest BCUT2D eigenvalue weighted by atomic mass is 10.1. The summed E-state index contributed by atoms with van der Waals surface area (Å²) < 4.78 is 19.2. The first kappa shape index (κ1) is 13.6. The summed E-state index contributed by atoms with van der Waals surface area (Å²) in [6.07, 6.45) is 0.668. The van der Waals surface area contributed by atoms with Crippen molar-refractivity contribution in [3.63, 3.8) is 0 Å². The summed E-state index contributed by atoms with van der Waals surface area (Å²) >= 11 is 3.31. The lowest BCUT2D eigenvalue weighted by Crippen LogP contribution is -2.02. The molecule has 96 valence electrons. The van der Waals surface area contributed by atoms with Crippen LogP contribution in [0.3, 0.4) is 0 Å². The molecule has 0 N–H and O–H groups in total. The number of nitriles is 1. The number of halogens is 2. The molecule has 0 atom stereocenters. The van der Waals surface area contributed by atoms with Crippen LogP contribution in [-0.2, 0) is 6.42 Å². The van der Waals surface area contributed by atoms with Crippen LogP contribution in [0, 0.1) is 17.1 Å². The normalized spacial score (nSPS) is 9.95. The molecule has 0 saturated carbocycles. The molecule has 0 heterocycles. The lowest BCUT2D eigenvalue weighted by Gasteiger charge is -2.08. The molecule has 4 heteroatoms. The first-order valence-corrected chi connectivity index (χ1v) is 6.55. The first-order valence-electron chi connectivity index (χ1n) is 5.76. The van der Waals surface area contributed by atoms with Gasteiger partial charge in [0.15, 0.2) is 0 Å². The van der Waals surface area contributed by atoms with Gasteiger partial charge in [0.1, 0.15) is 17.6 Å². The number of hydrogen-bond acceptors (Lipinski definition) is 2. The molecule has 2 aromatic rings. The molecule has 2 aromatic carbocycles. The maximum absolute atomic E-state index is 12.7. The SMILES string of the molecule is N#Cc1cc(Br)ccc1OCCc1ccc(F)cc1. The van der Waals surface area contributed by atoms with E-state index in [0.29, 0.717) is 24.3 Å². The number of benzene rings is 2. The minimum Gasteiger partial charge on any atom is -0.492 e. The van der Waals surface area contributed by atoms with Gasteiger partial charge in [-0.1, -0.05) is 28.1 Å². The highest BCUT2D eigenvalue weighted by atomic mass is 79.9.